The summed E-state index contributed by atoms with van der Waals surface area (Å²) in [4.78, 5) is 14.9. The Kier molecular flexibility index (Phi) is 4.97. The van der Waals surface area contributed by atoms with Gasteiger partial charge in [0, 0.05) is 20.7 Å². The van der Waals surface area contributed by atoms with Crippen LogP contribution in [-0.4, -0.2) is 44.3 Å². The van der Waals surface area contributed by atoms with E-state index < -0.39 is 0 Å². The predicted octanol–water partition coefficient (Wildman–Crippen LogP) is 2.13. The largest absolute Gasteiger partial charge is 0.468 e. The predicted molar refractivity (Wildman–Crippen MR) is 105 cm³/mol. The van der Waals surface area contributed by atoms with Crippen molar-refractivity contribution in [2.75, 3.05) is 20.3 Å². The molecule has 0 aliphatic rings. The molecular weight excluding hydrogens is 358 g/mol. The molecule has 3 heterocycles. The third-order valence-corrected chi connectivity index (χ3v) is 4.88. The number of hydrogen-bond donors (Lipinski definition) is 0. The van der Waals surface area contributed by atoms with E-state index in [-0.39, 0.29) is 5.56 Å². The summed E-state index contributed by atoms with van der Waals surface area (Å²) in [5.74, 6) is 2.17. The van der Waals surface area contributed by atoms with Gasteiger partial charge in [0.2, 0.25) is 5.78 Å². The summed E-state index contributed by atoms with van der Waals surface area (Å²) in [7, 11) is 3.41. The maximum atomic E-state index is 12.7. The zero-order valence-electron chi connectivity index (χ0n) is 16.3. The molecule has 4 rings (SSSR count). The molecule has 0 unspecified atom stereocenters. The third kappa shape index (κ3) is 3.32. The Balaban J connectivity index is 1.79. The van der Waals surface area contributed by atoms with Gasteiger partial charge in [0.05, 0.1) is 36.9 Å². The van der Waals surface area contributed by atoms with Crippen LogP contribution in [0, 0.1) is 6.92 Å². The quantitative estimate of drug-likeness (QED) is 0.488. The lowest BCUT2D eigenvalue weighted by Gasteiger charge is -2.20. The minimum Gasteiger partial charge on any atom is -0.468 e. The minimum atomic E-state index is -0.0722. The second-order valence-corrected chi connectivity index (χ2v) is 6.92. The molecule has 0 saturated carbocycles. The monoisotopic (exact) mass is 381 g/mol. The lowest BCUT2D eigenvalue weighted by Crippen LogP contribution is -2.28. The molecule has 4 aromatic rings. The fraction of sp³-hybridized carbons (Fsp3) is 0.350. The Morgan fingerprint density at radius 1 is 1.21 bits per heavy atom. The van der Waals surface area contributed by atoms with Crippen LogP contribution in [0.25, 0.3) is 16.7 Å². The van der Waals surface area contributed by atoms with Crippen LogP contribution >= 0.6 is 0 Å². The standard InChI is InChI=1S/C20H23N5O3/c1-14-6-7-17-16(11-14)19(26)23(2)20-22-21-18(25(17)20)13-24(8-10-27-3)12-15-5-4-9-28-15/h4-7,9,11H,8,10,12-13H2,1-3H3. The van der Waals surface area contributed by atoms with E-state index in [1.54, 1.807) is 25.0 Å². The Morgan fingerprint density at radius 2 is 2.07 bits per heavy atom. The molecule has 8 nitrogen and oxygen atoms in total. The number of aryl methyl sites for hydroxylation is 2. The molecule has 0 saturated heterocycles. The number of benzene rings is 1. The van der Waals surface area contributed by atoms with Gasteiger partial charge < -0.3 is 9.15 Å². The van der Waals surface area contributed by atoms with Crippen molar-refractivity contribution in [1.29, 1.82) is 0 Å². The van der Waals surface area contributed by atoms with Gasteiger partial charge in [-0.25, -0.2) is 0 Å². The molecule has 0 N–H and O–H groups in total. The van der Waals surface area contributed by atoms with E-state index in [0.29, 0.717) is 30.9 Å². The molecule has 0 bridgehead atoms. The zero-order valence-corrected chi connectivity index (χ0v) is 16.3. The summed E-state index contributed by atoms with van der Waals surface area (Å²) in [6.45, 7) is 4.47. The Bertz CT molecular complexity index is 1160. The van der Waals surface area contributed by atoms with Crippen LogP contribution in [0.3, 0.4) is 0 Å². The molecule has 0 radical (unpaired) electrons. The number of methoxy groups -OCH3 is 1. The van der Waals surface area contributed by atoms with Crippen molar-refractivity contribution in [1.82, 2.24) is 24.1 Å². The number of aromatic nitrogens is 4. The second-order valence-electron chi connectivity index (χ2n) is 6.92. The molecule has 0 aliphatic carbocycles. The molecule has 0 aliphatic heterocycles. The van der Waals surface area contributed by atoms with Crippen molar-refractivity contribution in [3.8, 4) is 0 Å². The van der Waals surface area contributed by atoms with Gasteiger partial charge in [-0.05, 0) is 31.2 Å². The molecule has 8 heteroatoms. The summed E-state index contributed by atoms with van der Waals surface area (Å²) in [6, 6.07) is 9.69. The maximum Gasteiger partial charge on any atom is 0.262 e. The minimum absolute atomic E-state index is 0.0722. The SMILES string of the molecule is COCCN(Cc1ccco1)Cc1nnc2n(C)c(=O)c3cc(C)ccc3n12. The van der Waals surface area contributed by atoms with Crippen LogP contribution in [0.4, 0.5) is 0 Å². The van der Waals surface area contributed by atoms with E-state index in [1.807, 2.05) is 41.7 Å². The van der Waals surface area contributed by atoms with E-state index in [9.17, 15) is 4.79 Å². The summed E-state index contributed by atoms with van der Waals surface area (Å²) in [6.07, 6.45) is 1.67. The van der Waals surface area contributed by atoms with Crippen molar-refractivity contribution < 1.29 is 9.15 Å². The van der Waals surface area contributed by atoms with Gasteiger partial charge in [0.25, 0.3) is 5.56 Å². The van der Waals surface area contributed by atoms with Crippen LogP contribution in [0.1, 0.15) is 17.1 Å². The highest BCUT2D eigenvalue weighted by Gasteiger charge is 2.18. The molecule has 0 spiro atoms. The number of rotatable bonds is 7. The molecule has 1 aromatic carbocycles. The van der Waals surface area contributed by atoms with Gasteiger partial charge >= 0.3 is 0 Å². The molecule has 0 fully saturated rings. The van der Waals surface area contributed by atoms with E-state index in [1.165, 1.54) is 0 Å². The fourth-order valence-corrected chi connectivity index (χ4v) is 3.42. The van der Waals surface area contributed by atoms with E-state index in [2.05, 4.69) is 15.1 Å². The van der Waals surface area contributed by atoms with Gasteiger partial charge in [-0.3, -0.25) is 18.7 Å². The third-order valence-electron chi connectivity index (χ3n) is 4.88. The van der Waals surface area contributed by atoms with Crippen molar-refractivity contribution in [2.45, 2.75) is 20.0 Å². The van der Waals surface area contributed by atoms with Crippen molar-refractivity contribution in [3.05, 3.63) is 64.1 Å². The van der Waals surface area contributed by atoms with Crippen LogP contribution in [0.2, 0.25) is 0 Å². The first kappa shape index (κ1) is 18.4. The summed E-state index contributed by atoms with van der Waals surface area (Å²) >= 11 is 0. The molecule has 28 heavy (non-hydrogen) atoms. The zero-order chi connectivity index (χ0) is 19.7. The topological polar surface area (TPSA) is 77.8 Å². The van der Waals surface area contributed by atoms with Crippen LogP contribution < -0.4 is 5.56 Å². The number of nitrogens with zero attached hydrogens (tertiary/aromatic N) is 5. The Hall–Kier alpha value is -2.97. The molecular formula is C20H23N5O3. The number of furan rings is 1. The lowest BCUT2D eigenvalue weighted by atomic mass is 10.1. The average Bonchev–Trinajstić information content (AvgIpc) is 3.34. The molecule has 146 valence electrons. The van der Waals surface area contributed by atoms with Gasteiger partial charge in [0.1, 0.15) is 5.76 Å². The van der Waals surface area contributed by atoms with Crippen LogP contribution in [0.15, 0.2) is 45.8 Å². The van der Waals surface area contributed by atoms with Gasteiger partial charge in [-0.1, -0.05) is 11.6 Å². The molecule has 0 atom stereocenters. The van der Waals surface area contributed by atoms with Crippen molar-refractivity contribution >= 4 is 16.7 Å². The lowest BCUT2D eigenvalue weighted by molar-refractivity contribution is 0.133. The summed E-state index contributed by atoms with van der Waals surface area (Å²) in [5, 5.41) is 9.32. The van der Waals surface area contributed by atoms with Gasteiger partial charge in [-0.2, -0.15) is 0 Å². The highest BCUT2D eigenvalue weighted by Crippen LogP contribution is 2.17. The smallest absolute Gasteiger partial charge is 0.262 e. The average molecular weight is 381 g/mol. The van der Waals surface area contributed by atoms with E-state index in [4.69, 9.17) is 9.15 Å². The number of ether oxygens (including phenoxy) is 1. The highest BCUT2D eigenvalue weighted by atomic mass is 16.5. The van der Waals surface area contributed by atoms with Crippen LogP contribution in [-0.2, 0) is 24.9 Å². The Morgan fingerprint density at radius 3 is 2.82 bits per heavy atom. The van der Waals surface area contributed by atoms with Crippen LogP contribution in [0.5, 0.6) is 0 Å². The van der Waals surface area contributed by atoms with Crippen molar-refractivity contribution in [3.63, 3.8) is 0 Å². The second kappa shape index (κ2) is 7.57. The van der Waals surface area contributed by atoms with Gasteiger partial charge in [0.15, 0.2) is 5.82 Å². The van der Waals surface area contributed by atoms with Gasteiger partial charge in [-0.15, -0.1) is 10.2 Å². The first-order valence-electron chi connectivity index (χ1n) is 9.15. The number of hydrogen-bond acceptors (Lipinski definition) is 6. The Labute approximate surface area is 162 Å². The maximum absolute atomic E-state index is 12.7. The van der Waals surface area contributed by atoms with E-state index >= 15 is 0 Å². The van der Waals surface area contributed by atoms with Crippen molar-refractivity contribution in [2.24, 2.45) is 7.05 Å². The summed E-state index contributed by atoms with van der Waals surface area (Å²) < 4.78 is 14.3. The first-order chi connectivity index (χ1) is 13.6. The number of fused-ring (bicyclic) bond motifs is 3. The molecule has 0 amide bonds. The normalized spacial score (nSPS) is 11.9. The molecule has 3 aromatic heterocycles. The fourth-order valence-electron chi connectivity index (χ4n) is 3.42. The van der Waals surface area contributed by atoms with E-state index in [0.717, 1.165) is 29.2 Å². The highest BCUT2D eigenvalue weighted by molar-refractivity contribution is 5.81. The first-order valence-corrected chi connectivity index (χ1v) is 9.15. The summed E-state index contributed by atoms with van der Waals surface area (Å²) in [5.41, 5.74) is 1.78.